The van der Waals surface area contributed by atoms with Gasteiger partial charge < -0.3 is 14.7 Å². The van der Waals surface area contributed by atoms with Crippen LogP contribution in [0.1, 0.15) is 19.3 Å². The molecular weight excluding hydrogens is 222 g/mol. The van der Waals surface area contributed by atoms with Gasteiger partial charge in [-0.25, -0.2) is 0 Å². The van der Waals surface area contributed by atoms with E-state index in [4.69, 9.17) is 9.84 Å². The number of nitrogens with zero attached hydrogens (tertiary/aromatic N) is 1. The Bertz CT molecular complexity index is 344. The maximum atomic E-state index is 11.4. The van der Waals surface area contributed by atoms with Crippen molar-refractivity contribution in [3.8, 4) is 0 Å². The first-order valence-corrected chi connectivity index (χ1v) is 5.84. The zero-order chi connectivity index (χ0) is 12.5. The highest BCUT2D eigenvalue weighted by molar-refractivity contribution is 5.87. The van der Waals surface area contributed by atoms with Crippen LogP contribution in [0.3, 0.4) is 0 Å². The Morgan fingerprint density at radius 1 is 1.41 bits per heavy atom. The van der Waals surface area contributed by atoms with E-state index in [0.29, 0.717) is 26.1 Å². The third kappa shape index (κ3) is 2.34. The number of rotatable bonds is 2. The van der Waals surface area contributed by atoms with Crippen molar-refractivity contribution in [2.45, 2.75) is 24.9 Å². The van der Waals surface area contributed by atoms with Crippen LogP contribution in [0.2, 0.25) is 0 Å². The Kier molecular flexibility index (Phi) is 3.19. The standard InChI is InChI=1S/C12H17NO4/c1-2-10(14)13-5-3-12(4-6-13)7-9(8-17-12)11(15)16/h2,9H,1,3-8H2,(H,15,16). The van der Waals surface area contributed by atoms with Crippen LogP contribution in [0, 0.1) is 5.92 Å². The number of ether oxygens (including phenoxy) is 1. The lowest BCUT2D eigenvalue weighted by Crippen LogP contribution is -2.46. The van der Waals surface area contributed by atoms with Gasteiger partial charge >= 0.3 is 5.97 Å². The fraction of sp³-hybridized carbons (Fsp3) is 0.667. The van der Waals surface area contributed by atoms with E-state index in [-0.39, 0.29) is 11.5 Å². The van der Waals surface area contributed by atoms with Crippen molar-refractivity contribution in [3.63, 3.8) is 0 Å². The molecule has 2 aliphatic heterocycles. The van der Waals surface area contributed by atoms with Crippen molar-refractivity contribution < 1.29 is 19.4 Å². The number of likely N-dealkylation sites (tertiary alicyclic amines) is 1. The predicted octanol–water partition coefficient (Wildman–Crippen LogP) is 0.655. The molecule has 1 atom stereocenters. The number of piperidine rings is 1. The molecule has 2 heterocycles. The van der Waals surface area contributed by atoms with Crippen molar-refractivity contribution in [3.05, 3.63) is 12.7 Å². The van der Waals surface area contributed by atoms with Gasteiger partial charge in [-0.3, -0.25) is 9.59 Å². The van der Waals surface area contributed by atoms with Gasteiger partial charge in [0.2, 0.25) is 5.91 Å². The Hall–Kier alpha value is -1.36. The first-order chi connectivity index (χ1) is 8.06. The largest absolute Gasteiger partial charge is 0.481 e. The van der Waals surface area contributed by atoms with Crippen LogP contribution < -0.4 is 0 Å². The zero-order valence-corrected chi connectivity index (χ0v) is 9.72. The van der Waals surface area contributed by atoms with Crippen LogP contribution in [-0.2, 0) is 14.3 Å². The second-order valence-corrected chi connectivity index (χ2v) is 4.76. The topological polar surface area (TPSA) is 66.8 Å². The van der Waals surface area contributed by atoms with Crippen LogP contribution in [0.15, 0.2) is 12.7 Å². The first-order valence-electron chi connectivity index (χ1n) is 5.84. The van der Waals surface area contributed by atoms with Gasteiger partial charge in [-0.15, -0.1) is 0 Å². The summed E-state index contributed by atoms with van der Waals surface area (Å²) in [6.07, 6.45) is 3.32. The van der Waals surface area contributed by atoms with Crippen molar-refractivity contribution in [2.24, 2.45) is 5.92 Å². The molecule has 5 heteroatoms. The summed E-state index contributed by atoms with van der Waals surface area (Å²) in [7, 11) is 0. The number of carbonyl (C=O) groups excluding carboxylic acids is 1. The van der Waals surface area contributed by atoms with E-state index in [9.17, 15) is 9.59 Å². The minimum atomic E-state index is -0.786. The summed E-state index contributed by atoms with van der Waals surface area (Å²) in [5, 5.41) is 8.95. The predicted molar refractivity (Wildman–Crippen MR) is 60.4 cm³/mol. The van der Waals surface area contributed by atoms with Gasteiger partial charge in [0.15, 0.2) is 0 Å². The van der Waals surface area contributed by atoms with E-state index in [1.54, 1.807) is 4.90 Å². The molecule has 0 radical (unpaired) electrons. The molecule has 17 heavy (non-hydrogen) atoms. The number of aliphatic carboxylic acids is 1. The Morgan fingerprint density at radius 3 is 2.53 bits per heavy atom. The molecule has 0 aromatic heterocycles. The molecule has 1 unspecified atom stereocenters. The van der Waals surface area contributed by atoms with E-state index >= 15 is 0 Å². The highest BCUT2D eigenvalue weighted by Gasteiger charge is 2.45. The SMILES string of the molecule is C=CC(=O)N1CCC2(CC1)CC(C(=O)O)CO2. The molecule has 1 amide bonds. The minimum absolute atomic E-state index is 0.0624. The number of hydrogen-bond acceptors (Lipinski definition) is 3. The van der Waals surface area contributed by atoms with Crippen molar-refractivity contribution in [1.29, 1.82) is 0 Å². The number of carboxylic acids is 1. The highest BCUT2D eigenvalue weighted by atomic mass is 16.5. The van der Waals surface area contributed by atoms with Crippen molar-refractivity contribution in [1.82, 2.24) is 4.90 Å². The van der Waals surface area contributed by atoms with Crippen LogP contribution >= 0.6 is 0 Å². The molecule has 2 saturated heterocycles. The molecule has 0 saturated carbocycles. The van der Waals surface area contributed by atoms with Gasteiger partial charge in [-0.1, -0.05) is 6.58 Å². The molecule has 0 aromatic carbocycles. The van der Waals surface area contributed by atoms with Gasteiger partial charge in [0, 0.05) is 13.1 Å². The van der Waals surface area contributed by atoms with Crippen molar-refractivity contribution >= 4 is 11.9 Å². The summed E-state index contributed by atoms with van der Waals surface area (Å²) in [4.78, 5) is 24.0. The fourth-order valence-corrected chi connectivity index (χ4v) is 2.62. The fourth-order valence-electron chi connectivity index (χ4n) is 2.62. The van der Waals surface area contributed by atoms with Crippen LogP contribution in [0.5, 0.6) is 0 Å². The molecule has 0 aromatic rings. The van der Waals surface area contributed by atoms with E-state index in [2.05, 4.69) is 6.58 Å². The normalized spacial score (nSPS) is 27.1. The Morgan fingerprint density at radius 2 is 2.06 bits per heavy atom. The molecule has 2 aliphatic rings. The average Bonchev–Trinajstić information content (AvgIpc) is 2.74. The van der Waals surface area contributed by atoms with Crippen LogP contribution in [0.25, 0.3) is 0 Å². The molecule has 1 N–H and O–H groups in total. The molecule has 94 valence electrons. The van der Waals surface area contributed by atoms with Gasteiger partial charge in [0.25, 0.3) is 0 Å². The maximum Gasteiger partial charge on any atom is 0.308 e. The molecule has 0 aliphatic carbocycles. The number of carbonyl (C=O) groups is 2. The van der Waals surface area contributed by atoms with Gasteiger partial charge in [0.05, 0.1) is 18.1 Å². The quantitative estimate of drug-likeness (QED) is 0.719. The number of hydrogen-bond donors (Lipinski definition) is 1. The average molecular weight is 239 g/mol. The molecule has 1 spiro atoms. The Labute approximate surface area is 100 Å². The van der Waals surface area contributed by atoms with E-state index in [0.717, 1.165) is 12.8 Å². The van der Waals surface area contributed by atoms with Gasteiger partial charge in [-0.05, 0) is 25.3 Å². The second-order valence-electron chi connectivity index (χ2n) is 4.76. The zero-order valence-electron chi connectivity index (χ0n) is 9.72. The third-order valence-corrected chi connectivity index (χ3v) is 3.72. The lowest BCUT2D eigenvalue weighted by Gasteiger charge is -2.38. The molecule has 2 rings (SSSR count). The number of carboxylic acid groups (broad SMARTS) is 1. The summed E-state index contributed by atoms with van der Waals surface area (Å²) >= 11 is 0. The van der Waals surface area contributed by atoms with Gasteiger partial charge in [-0.2, -0.15) is 0 Å². The lowest BCUT2D eigenvalue weighted by atomic mass is 9.85. The van der Waals surface area contributed by atoms with E-state index in [1.807, 2.05) is 0 Å². The summed E-state index contributed by atoms with van der Waals surface area (Å²) in [5.74, 6) is -1.24. The highest BCUT2D eigenvalue weighted by Crippen LogP contribution is 2.38. The molecular formula is C12H17NO4. The smallest absolute Gasteiger partial charge is 0.308 e. The second kappa shape index (κ2) is 4.49. The minimum Gasteiger partial charge on any atom is -0.481 e. The lowest BCUT2D eigenvalue weighted by molar-refractivity contribution is -0.141. The third-order valence-electron chi connectivity index (χ3n) is 3.72. The van der Waals surface area contributed by atoms with E-state index < -0.39 is 11.9 Å². The molecule has 2 fully saturated rings. The van der Waals surface area contributed by atoms with Gasteiger partial charge in [0.1, 0.15) is 0 Å². The summed E-state index contributed by atoms with van der Waals surface area (Å²) in [6.45, 7) is 5.00. The van der Waals surface area contributed by atoms with Crippen molar-refractivity contribution in [2.75, 3.05) is 19.7 Å². The maximum absolute atomic E-state index is 11.4. The van der Waals surface area contributed by atoms with Crippen LogP contribution in [0.4, 0.5) is 0 Å². The molecule has 5 nitrogen and oxygen atoms in total. The summed E-state index contributed by atoms with van der Waals surface area (Å²) in [6, 6.07) is 0. The monoisotopic (exact) mass is 239 g/mol. The summed E-state index contributed by atoms with van der Waals surface area (Å²) < 4.78 is 5.67. The Balaban J connectivity index is 1.93. The van der Waals surface area contributed by atoms with Crippen LogP contribution in [-0.4, -0.2) is 47.2 Å². The molecule has 0 bridgehead atoms. The van der Waals surface area contributed by atoms with E-state index in [1.165, 1.54) is 6.08 Å². The summed E-state index contributed by atoms with van der Waals surface area (Å²) in [5.41, 5.74) is -0.318. The number of amides is 1. The first kappa shape index (κ1) is 12.1.